The van der Waals surface area contributed by atoms with E-state index in [9.17, 15) is 36.0 Å². The number of carbonyl (C=O) groups excluding carboxylic acids is 2. The van der Waals surface area contributed by atoms with Gasteiger partial charge in [0, 0.05) is 77.6 Å². The van der Waals surface area contributed by atoms with Gasteiger partial charge in [-0.15, -0.1) is 0 Å². The number of benzene rings is 3. The molecule has 3 aliphatic rings. The lowest BCUT2D eigenvalue weighted by molar-refractivity contribution is 0.256. The van der Waals surface area contributed by atoms with Crippen LogP contribution in [0.5, 0.6) is 11.8 Å². The van der Waals surface area contributed by atoms with Gasteiger partial charge in [-0.2, -0.15) is 18.7 Å². The van der Waals surface area contributed by atoms with Gasteiger partial charge in [0.25, 0.3) is 31.2 Å². The zero-order valence-corrected chi connectivity index (χ0v) is 49.7. The fraction of sp³-hybridized carbons (Fsp3) is 0.279. The summed E-state index contributed by atoms with van der Waals surface area (Å²) in [5.74, 6) is 0.964. The topological polar surface area (TPSA) is 342 Å². The maximum atomic E-state index is 12.9. The first-order valence-corrected chi connectivity index (χ1v) is 30.3. The summed E-state index contributed by atoms with van der Waals surface area (Å²) in [6, 6.07) is 23.9. The van der Waals surface area contributed by atoms with E-state index in [2.05, 4.69) is 59.5 Å². The molecule has 25 heteroatoms. The number of carbonyl (C=O) groups is 1. The number of aryl methyl sites for hydroxylation is 3. The smallest absolute Gasteiger partial charge is 0.333 e. The Morgan fingerprint density at radius 1 is 0.640 bits per heavy atom. The molecule has 6 N–H and O–H groups in total. The van der Waals surface area contributed by atoms with Crippen LogP contribution < -0.4 is 41.5 Å². The second-order valence-electron chi connectivity index (χ2n) is 20.6. The van der Waals surface area contributed by atoms with Gasteiger partial charge in [-0.25, -0.2) is 52.8 Å². The quantitative estimate of drug-likeness (QED) is 0.0508. The van der Waals surface area contributed by atoms with Gasteiger partial charge < -0.3 is 29.7 Å². The van der Waals surface area contributed by atoms with Gasteiger partial charge in [-0.1, -0.05) is 36.4 Å². The van der Waals surface area contributed by atoms with Crippen molar-refractivity contribution in [3.8, 4) is 51.2 Å². The van der Waals surface area contributed by atoms with Crippen molar-refractivity contribution < 1.29 is 35.9 Å². The summed E-state index contributed by atoms with van der Waals surface area (Å²) < 4.78 is 62.3. The molecule has 3 aromatic carbocycles. The lowest BCUT2D eigenvalue weighted by Gasteiger charge is -2.17. The molecule has 23 nitrogen and oxygen atoms in total. The summed E-state index contributed by atoms with van der Waals surface area (Å²) in [5.41, 5.74) is 20.5. The number of aliphatic imine (C=N–C) groups is 1. The highest BCUT2D eigenvalue weighted by atomic mass is 32.2. The minimum absolute atomic E-state index is 0.133. The Hall–Kier alpha value is -9.73. The number of ether oxygens (including phenoxy) is 2. The summed E-state index contributed by atoms with van der Waals surface area (Å²) in [4.78, 5) is 70.0. The van der Waals surface area contributed by atoms with Crippen LogP contribution in [0.1, 0.15) is 98.1 Å². The number of isocyanates is 1. The number of nitrogens with one attached hydrogen (secondary N) is 2. The van der Waals surface area contributed by atoms with Crippen LogP contribution in [-0.4, -0.2) is 77.2 Å². The number of nitriles is 1. The number of nitrogens with two attached hydrogens (primary N) is 2. The normalized spacial score (nSPS) is 12.7. The average molecular weight is 1200 g/mol. The van der Waals surface area contributed by atoms with Gasteiger partial charge in [0.05, 0.1) is 38.0 Å². The molecular formula is C61H63N13O10S2. The second-order valence-corrected chi connectivity index (χ2v) is 23.7. The highest BCUT2D eigenvalue weighted by Crippen LogP contribution is 2.41. The Balaban J connectivity index is 0.000000158. The number of rotatable bonds is 12. The molecule has 444 valence electrons. The van der Waals surface area contributed by atoms with Crippen LogP contribution in [0.3, 0.4) is 0 Å². The Labute approximate surface area is 497 Å². The zero-order chi connectivity index (χ0) is 61.9. The number of urea groups is 1. The van der Waals surface area contributed by atoms with E-state index in [0.29, 0.717) is 23.1 Å². The van der Waals surface area contributed by atoms with E-state index in [1.807, 2.05) is 41.1 Å². The van der Waals surface area contributed by atoms with Crippen molar-refractivity contribution in [2.45, 2.75) is 108 Å². The molecule has 8 aromatic rings. The molecule has 0 fully saturated rings. The Morgan fingerprint density at radius 2 is 1.12 bits per heavy atom. The van der Waals surface area contributed by atoms with E-state index in [1.54, 1.807) is 77.7 Å². The lowest BCUT2D eigenvalue weighted by atomic mass is 9.98. The molecule has 5 heterocycles. The number of hydrogen-bond acceptors (Lipinski definition) is 18. The monoisotopic (exact) mass is 1200 g/mol. The molecular weight excluding hydrogens is 1140 g/mol. The third-order valence-corrected chi connectivity index (χ3v) is 16.5. The predicted octanol–water partition coefficient (Wildman–Crippen LogP) is 8.27. The fourth-order valence-electron chi connectivity index (χ4n) is 10.3. The molecule has 0 saturated carbocycles. The number of anilines is 2. The van der Waals surface area contributed by atoms with Crippen molar-refractivity contribution in [3.05, 3.63) is 176 Å². The zero-order valence-electron chi connectivity index (χ0n) is 48.1. The number of aromatic nitrogens is 7. The van der Waals surface area contributed by atoms with Crippen molar-refractivity contribution in [3.63, 3.8) is 0 Å². The van der Waals surface area contributed by atoms with E-state index in [0.717, 1.165) is 132 Å². The van der Waals surface area contributed by atoms with Gasteiger partial charge in [0.1, 0.15) is 11.8 Å². The average Bonchev–Trinajstić information content (AvgIpc) is 2.30. The molecule has 0 spiro atoms. The first-order valence-electron chi connectivity index (χ1n) is 27.3. The highest BCUT2D eigenvalue weighted by molar-refractivity contribution is 7.90. The number of hydrogen-bond donors (Lipinski definition) is 4. The molecule has 3 aliphatic carbocycles. The van der Waals surface area contributed by atoms with Gasteiger partial charge in [0.15, 0.2) is 10.1 Å². The van der Waals surface area contributed by atoms with E-state index >= 15 is 0 Å². The number of primary sulfonamides is 1. The molecule has 2 amide bonds. The van der Waals surface area contributed by atoms with Crippen molar-refractivity contribution >= 4 is 49.2 Å². The third-order valence-electron chi connectivity index (χ3n) is 14.5. The van der Waals surface area contributed by atoms with Crippen LogP contribution >= 0.6 is 0 Å². The molecule has 0 saturated heterocycles. The molecule has 0 radical (unpaired) electrons. The highest BCUT2D eigenvalue weighted by Gasteiger charge is 2.26. The number of pyridine rings is 3. The van der Waals surface area contributed by atoms with Crippen molar-refractivity contribution in [2.24, 2.45) is 10.1 Å². The molecule has 0 unspecified atom stereocenters. The first-order chi connectivity index (χ1) is 41.1. The van der Waals surface area contributed by atoms with Crippen molar-refractivity contribution in [1.82, 2.24) is 38.8 Å². The minimum Gasteiger partial charge on any atom is -0.481 e. The summed E-state index contributed by atoms with van der Waals surface area (Å²) >= 11 is 0. The van der Waals surface area contributed by atoms with Crippen LogP contribution in [0.2, 0.25) is 0 Å². The van der Waals surface area contributed by atoms with E-state index in [4.69, 9.17) is 25.6 Å². The van der Waals surface area contributed by atoms with Gasteiger partial charge >= 0.3 is 6.03 Å². The molecule has 0 bridgehead atoms. The SMILES string of the molecule is CC(C)n1cc(S(N)(=O)=O)ncc1=O.COc1cc(-c2ccc3c(c2N=C=O)CCC3)ccn1.COc1cc(-c2ccc3c(c2NC(=O)NS(=O)(=O)c2cn(C(C)C)c(=O)cn2)CCC3)ccn1.N#Cc1cc(-c2ccc3c(c2N)CCC3)ccn1. The maximum absolute atomic E-state index is 12.9. The van der Waals surface area contributed by atoms with Gasteiger partial charge in [-0.3, -0.25) is 9.59 Å². The molecule has 11 rings (SSSR count). The first kappa shape index (κ1) is 62.3. The minimum atomic E-state index is -4.32. The molecule has 5 aromatic heterocycles. The van der Waals surface area contributed by atoms with E-state index in [-0.39, 0.29) is 22.7 Å². The third kappa shape index (κ3) is 14.6. The largest absolute Gasteiger partial charge is 0.481 e. The number of nitrogen functional groups attached to an aromatic ring is 1. The van der Waals surface area contributed by atoms with Crippen molar-refractivity contribution in [2.75, 3.05) is 25.3 Å². The van der Waals surface area contributed by atoms with Crippen LogP contribution in [-0.2, 0) is 63.4 Å². The van der Waals surface area contributed by atoms with Crippen molar-refractivity contribution in [1.29, 1.82) is 5.26 Å². The Bertz CT molecular complexity index is 4330. The standard InChI is InChI=1S/C23H25N5O5S.C16H14N2O2.C15H13N3.C7H11N3O3S/c1-14(2)28-13-20(25-12-21(28)29)34(31,32)27-23(30)26-22-17-6-4-5-15(17)7-8-18(22)16-9-10-24-19(11-16)33-3;1-20-15-9-12(7-8-17-15)14-6-5-11-3-2-4-13(11)16(14)18-10-19;16-9-12-8-11(6-7-18-12)14-5-4-10-2-1-3-13(10)15(14)17;1-5(2)10-4-6(14(8,12)13)9-3-7(10)11/h7-14H,4-6H2,1-3H3,(H2,26,27,30);5-9H,2-4H2,1H3;4-8H,1-3,17H2;3-5H,1-2H3,(H2,8,12,13). The van der Waals surface area contributed by atoms with E-state index < -0.39 is 36.7 Å². The molecule has 86 heavy (non-hydrogen) atoms. The Kier molecular flexibility index (Phi) is 19.8. The predicted molar refractivity (Wildman–Crippen MR) is 324 cm³/mol. The number of methoxy groups -OCH3 is 2. The summed E-state index contributed by atoms with van der Waals surface area (Å²) in [6.07, 6.45) is 19.8. The second kappa shape index (κ2) is 27.3. The molecule has 0 aliphatic heterocycles. The van der Waals surface area contributed by atoms with Crippen LogP contribution in [0, 0.1) is 11.3 Å². The van der Waals surface area contributed by atoms with Crippen LogP contribution in [0.4, 0.5) is 21.9 Å². The summed E-state index contributed by atoms with van der Waals surface area (Å²) in [6.45, 7) is 7.00. The lowest BCUT2D eigenvalue weighted by Crippen LogP contribution is -2.36. The van der Waals surface area contributed by atoms with Gasteiger partial charge in [0.2, 0.25) is 17.8 Å². The number of nitrogens with zero attached hydrogens (tertiary/aromatic N) is 9. The van der Waals surface area contributed by atoms with Gasteiger partial charge in [-0.05, 0) is 160 Å². The summed E-state index contributed by atoms with van der Waals surface area (Å²) in [7, 11) is -5.06. The number of sulfonamides is 2. The number of fused-ring (bicyclic) bond motifs is 3. The number of amides is 2. The van der Waals surface area contributed by atoms with Crippen LogP contribution in [0.15, 0.2) is 141 Å². The fourth-order valence-corrected chi connectivity index (χ4v) is 11.6. The molecule has 0 atom stereocenters. The van der Waals surface area contributed by atoms with E-state index in [1.165, 1.54) is 44.9 Å². The maximum Gasteiger partial charge on any atom is 0.333 e. The van der Waals surface area contributed by atoms with Crippen LogP contribution in [0.25, 0.3) is 33.4 Å². The summed E-state index contributed by atoms with van der Waals surface area (Å²) in [5, 5.41) is 15.8. The Morgan fingerprint density at radius 3 is 1.66 bits per heavy atom.